The predicted molar refractivity (Wildman–Crippen MR) is 167 cm³/mol. The van der Waals surface area contributed by atoms with Crippen molar-refractivity contribution in [2.45, 2.75) is 13.2 Å². The Hall–Kier alpha value is -5.90. The highest BCUT2D eigenvalue weighted by Gasteiger charge is 2.25. The number of hydrogen-bond acceptors (Lipinski definition) is 8. The van der Waals surface area contributed by atoms with Crippen LogP contribution in [0.25, 0.3) is 39.1 Å². The van der Waals surface area contributed by atoms with Gasteiger partial charge < -0.3 is 23.3 Å². The summed E-state index contributed by atoms with van der Waals surface area (Å²) in [5, 5.41) is 9.67. The summed E-state index contributed by atoms with van der Waals surface area (Å²) in [6.07, 6.45) is 4.97. The molecule has 0 radical (unpaired) electrons. The van der Waals surface area contributed by atoms with E-state index in [-0.39, 0.29) is 6.61 Å². The number of ether oxygens (including phenoxy) is 2. The van der Waals surface area contributed by atoms with Crippen molar-refractivity contribution in [2.24, 2.45) is 5.16 Å². The fraction of sp³-hybridized carbons (Fsp3) is 0.118. The zero-order valence-corrected chi connectivity index (χ0v) is 24.1. The summed E-state index contributed by atoms with van der Waals surface area (Å²) in [7, 11) is 3.19. The molecule has 0 fully saturated rings. The van der Waals surface area contributed by atoms with Gasteiger partial charge in [0.15, 0.2) is 29.6 Å². The number of furan rings is 1. The molecule has 3 aromatic carbocycles. The summed E-state index contributed by atoms with van der Waals surface area (Å²) >= 11 is 0. The summed E-state index contributed by atoms with van der Waals surface area (Å²) < 4.78 is 20.3. The van der Waals surface area contributed by atoms with Gasteiger partial charge in [-0.2, -0.15) is 0 Å². The number of methoxy groups -OCH3 is 2. The van der Waals surface area contributed by atoms with Crippen LogP contribution in [-0.2, 0) is 18.0 Å². The van der Waals surface area contributed by atoms with E-state index < -0.39 is 0 Å². The molecule has 7 rings (SSSR count). The molecule has 0 saturated carbocycles. The minimum Gasteiger partial charge on any atom is -0.493 e. The molecule has 0 N–H and O–H groups in total. The van der Waals surface area contributed by atoms with Gasteiger partial charge in [-0.25, -0.2) is 14.5 Å². The van der Waals surface area contributed by atoms with Gasteiger partial charge in [0.05, 0.1) is 44.3 Å². The van der Waals surface area contributed by atoms with E-state index in [0.29, 0.717) is 29.5 Å². The van der Waals surface area contributed by atoms with E-state index in [4.69, 9.17) is 28.7 Å². The smallest absolute Gasteiger partial charge is 0.192 e. The predicted octanol–water partition coefficient (Wildman–Crippen LogP) is 6.62. The second kappa shape index (κ2) is 11.8. The Morgan fingerprint density at radius 2 is 1.61 bits per heavy atom. The molecule has 0 aliphatic rings. The number of nitrogens with zero attached hydrogens (tertiary/aromatic N) is 6. The summed E-state index contributed by atoms with van der Waals surface area (Å²) in [5.74, 6) is 2.55. The lowest BCUT2D eigenvalue weighted by Crippen LogP contribution is -2.03. The van der Waals surface area contributed by atoms with Gasteiger partial charge in [0, 0.05) is 11.1 Å². The first kappa shape index (κ1) is 27.0. The van der Waals surface area contributed by atoms with Crippen LogP contribution in [0.5, 0.6) is 11.5 Å². The molecular weight excluding hydrogens is 556 g/mol. The maximum atomic E-state index is 5.77. The van der Waals surface area contributed by atoms with E-state index in [0.717, 1.165) is 44.7 Å². The van der Waals surface area contributed by atoms with Crippen molar-refractivity contribution < 1.29 is 18.7 Å². The first-order chi connectivity index (χ1) is 21.7. The molecule has 0 bridgehead atoms. The molecule has 0 spiro atoms. The van der Waals surface area contributed by atoms with E-state index in [1.807, 2.05) is 66.7 Å². The third-order valence-corrected chi connectivity index (χ3v) is 7.31. The summed E-state index contributed by atoms with van der Waals surface area (Å²) in [6.45, 7) is 0.574. The van der Waals surface area contributed by atoms with Gasteiger partial charge in [-0.15, -0.1) is 5.10 Å². The van der Waals surface area contributed by atoms with E-state index >= 15 is 0 Å². The number of fused-ring (bicyclic) bond motifs is 3. The molecule has 218 valence electrons. The van der Waals surface area contributed by atoms with Crippen molar-refractivity contribution in [2.75, 3.05) is 14.2 Å². The number of rotatable bonds is 10. The zero-order valence-electron chi connectivity index (χ0n) is 24.1. The largest absolute Gasteiger partial charge is 0.493 e. The van der Waals surface area contributed by atoms with E-state index in [2.05, 4.69) is 39.1 Å². The quantitative estimate of drug-likeness (QED) is 0.132. The van der Waals surface area contributed by atoms with Crippen molar-refractivity contribution >= 4 is 22.9 Å². The fourth-order valence-electron chi connectivity index (χ4n) is 5.36. The summed E-state index contributed by atoms with van der Waals surface area (Å²) in [6, 6.07) is 29.9. The second-order valence-electron chi connectivity index (χ2n) is 9.98. The molecule has 7 aromatic rings. The van der Waals surface area contributed by atoms with Crippen molar-refractivity contribution in [1.82, 2.24) is 24.1 Å². The minimum atomic E-state index is 0.0757. The average Bonchev–Trinajstić information content (AvgIpc) is 3.82. The van der Waals surface area contributed by atoms with Gasteiger partial charge in [-0.05, 0) is 41.5 Å². The van der Waals surface area contributed by atoms with Crippen LogP contribution in [0.15, 0.2) is 113 Å². The molecule has 0 aliphatic carbocycles. The van der Waals surface area contributed by atoms with E-state index in [1.54, 1.807) is 37.5 Å². The van der Waals surface area contributed by atoms with Gasteiger partial charge >= 0.3 is 0 Å². The Morgan fingerprint density at radius 1 is 0.841 bits per heavy atom. The van der Waals surface area contributed by atoms with Gasteiger partial charge in [0.2, 0.25) is 0 Å². The van der Waals surface area contributed by atoms with E-state index in [9.17, 15) is 0 Å². The lowest BCUT2D eigenvalue weighted by molar-refractivity contribution is 0.126. The van der Waals surface area contributed by atoms with Gasteiger partial charge in [0.1, 0.15) is 17.7 Å². The van der Waals surface area contributed by atoms with Gasteiger partial charge in [-0.3, -0.25) is 0 Å². The number of oxime groups is 1. The Bertz CT molecular complexity index is 2070. The Balaban J connectivity index is 1.31. The first-order valence-electron chi connectivity index (χ1n) is 14.0. The zero-order chi connectivity index (χ0) is 29.9. The van der Waals surface area contributed by atoms with Crippen LogP contribution in [-0.4, -0.2) is 44.6 Å². The molecule has 0 atom stereocenters. The number of hydrogen-bond donors (Lipinski definition) is 0. The molecule has 44 heavy (non-hydrogen) atoms. The average molecular weight is 585 g/mol. The maximum Gasteiger partial charge on any atom is 0.192 e. The Labute approximate surface area is 252 Å². The SMILES string of the molecule is COc1ccc(/C=N\OCc2nc3c4c(-c5ccccc5)c(-c5ccccc5)n(Cc5ccco5)c4ncn3n2)cc1OC. The summed E-state index contributed by atoms with van der Waals surface area (Å²) in [5.41, 5.74) is 6.39. The highest BCUT2D eigenvalue weighted by molar-refractivity contribution is 6.09. The van der Waals surface area contributed by atoms with Gasteiger partial charge in [-0.1, -0.05) is 65.8 Å². The molecule has 10 heteroatoms. The lowest BCUT2D eigenvalue weighted by Gasteiger charge is -2.11. The second-order valence-corrected chi connectivity index (χ2v) is 9.98. The first-order valence-corrected chi connectivity index (χ1v) is 14.0. The molecule has 0 aliphatic heterocycles. The molecule has 4 heterocycles. The fourth-order valence-corrected chi connectivity index (χ4v) is 5.36. The van der Waals surface area contributed by atoms with Crippen LogP contribution in [0.3, 0.4) is 0 Å². The highest BCUT2D eigenvalue weighted by atomic mass is 16.6. The monoisotopic (exact) mass is 584 g/mol. The Morgan fingerprint density at radius 3 is 2.34 bits per heavy atom. The van der Waals surface area contributed by atoms with Crippen LogP contribution < -0.4 is 9.47 Å². The Kier molecular flexibility index (Phi) is 7.21. The summed E-state index contributed by atoms with van der Waals surface area (Å²) in [4.78, 5) is 15.4. The topological polar surface area (TPSA) is 101 Å². The third-order valence-electron chi connectivity index (χ3n) is 7.31. The maximum absolute atomic E-state index is 5.77. The van der Waals surface area contributed by atoms with Crippen LogP contribution in [0.2, 0.25) is 0 Å². The molecule has 0 amide bonds. The highest BCUT2D eigenvalue weighted by Crippen LogP contribution is 2.42. The van der Waals surface area contributed by atoms with Crippen molar-refractivity contribution in [1.29, 1.82) is 0 Å². The van der Waals surface area contributed by atoms with Crippen LogP contribution in [0.4, 0.5) is 0 Å². The molecule has 10 nitrogen and oxygen atoms in total. The van der Waals surface area contributed by atoms with Gasteiger partial charge in [0.25, 0.3) is 0 Å². The van der Waals surface area contributed by atoms with E-state index in [1.165, 1.54) is 0 Å². The van der Waals surface area contributed by atoms with Crippen molar-refractivity contribution in [3.63, 3.8) is 0 Å². The third kappa shape index (κ3) is 5.02. The van der Waals surface area contributed by atoms with Crippen molar-refractivity contribution in [3.8, 4) is 33.9 Å². The molecular formula is C34H28N6O4. The van der Waals surface area contributed by atoms with Crippen molar-refractivity contribution in [3.05, 3.63) is 121 Å². The number of aromatic nitrogens is 5. The normalized spacial score (nSPS) is 11.5. The van der Waals surface area contributed by atoms with Crippen LogP contribution in [0, 0.1) is 0 Å². The molecule has 0 saturated heterocycles. The number of benzene rings is 3. The standard InChI is InChI=1S/C34H28N6O4/c1-41-27-16-15-23(18-28(27)42-2)19-36-44-21-29-37-34-31-30(24-10-5-3-6-11-24)32(25-12-7-4-8-13-25)39(20-26-14-9-17-43-26)33(31)35-22-40(34)38-29/h3-19,22H,20-21H2,1-2H3/b36-19-. The minimum absolute atomic E-state index is 0.0757. The molecule has 4 aromatic heterocycles. The van der Waals surface area contributed by atoms with Crippen LogP contribution in [0.1, 0.15) is 17.1 Å². The van der Waals surface area contributed by atoms with Crippen LogP contribution >= 0.6 is 0 Å². The lowest BCUT2D eigenvalue weighted by atomic mass is 9.99. The molecule has 0 unspecified atom stereocenters.